The molecule has 0 unspecified atom stereocenters. The highest BCUT2D eigenvalue weighted by atomic mass is 16.5. The maximum Gasteiger partial charge on any atom is 0.122 e. The SMILES string of the molecule is COc1ccc(OC)c(C2(C3(N)CC3)CC2)c1. The highest BCUT2D eigenvalue weighted by molar-refractivity contribution is 5.51. The van der Waals surface area contributed by atoms with Gasteiger partial charge in [-0.25, -0.2) is 0 Å². The van der Waals surface area contributed by atoms with Gasteiger partial charge in [0.25, 0.3) is 0 Å². The summed E-state index contributed by atoms with van der Waals surface area (Å²) in [4.78, 5) is 0. The fraction of sp³-hybridized carbons (Fsp3) is 0.571. The molecule has 0 heterocycles. The van der Waals surface area contributed by atoms with Gasteiger partial charge in [0.1, 0.15) is 11.5 Å². The van der Waals surface area contributed by atoms with E-state index in [0.29, 0.717) is 0 Å². The smallest absolute Gasteiger partial charge is 0.122 e. The molecule has 2 aliphatic rings. The van der Waals surface area contributed by atoms with Crippen LogP contribution >= 0.6 is 0 Å². The minimum atomic E-state index is 0.00659. The van der Waals surface area contributed by atoms with Gasteiger partial charge in [-0.15, -0.1) is 0 Å². The highest BCUT2D eigenvalue weighted by Crippen LogP contribution is 2.65. The van der Waals surface area contributed by atoms with Crippen molar-refractivity contribution in [1.82, 2.24) is 0 Å². The predicted molar refractivity (Wildman–Crippen MR) is 66.6 cm³/mol. The molecule has 3 nitrogen and oxygen atoms in total. The fourth-order valence-electron chi connectivity index (χ4n) is 2.96. The first-order valence-corrected chi connectivity index (χ1v) is 6.17. The number of ether oxygens (including phenoxy) is 2. The molecular formula is C14H19NO2. The zero-order chi connectivity index (χ0) is 12.1. The summed E-state index contributed by atoms with van der Waals surface area (Å²) in [5.41, 5.74) is 7.83. The summed E-state index contributed by atoms with van der Waals surface area (Å²) in [5, 5.41) is 0. The van der Waals surface area contributed by atoms with Crippen LogP contribution in [0.5, 0.6) is 11.5 Å². The molecule has 0 spiro atoms. The summed E-state index contributed by atoms with van der Waals surface area (Å²) >= 11 is 0. The molecule has 3 rings (SSSR count). The lowest BCUT2D eigenvalue weighted by molar-refractivity contribution is 0.384. The van der Waals surface area contributed by atoms with Gasteiger partial charge in [0, 0.05) is 16.5 Å². The lowest BCUT2D eigenvalue weighted by Gasteiger charge is -2.25. The highest BCUT2D eigenvalue weighted by Gasteiger charge is 2.65. The van der Waals surface area contributed by atoms with Crippen molar-refractivity contribution >= 4 is 0 Å². The van der Waals surface area contributed by atoms with Gasteiger partial charge in [-0.1, -0.05) is 0 Å². The first-order valence-electron chi connectivity index (χ1n) is 6.17. The third-order valence-electron chi connectivity index (χ3n) is 4.41. The van der Waals surface area contributed by atoms with Crippen molar-refractivity contribution in [2.45, 2.75) is 36.6 Å². The Kier molecular flexibility index (Phi) is 2.17. The van der Waals surface area contributed by atoms with E-state index in [1.165, 1.54) is 18.4 Å². The molecule has 2 saturated carbocycles. The molecule has 2 fully saturated rings. The van der Waals surface area contributed by atoms with Crippen LogP contribution in [0.15, 0.2) is 18.2 Å². The maximum atomic E-state index is 6.44. The van der Waals surface area contributed by atoms with Crippen molar-refractivity contribution in [2.24, 2.45) is 5.73 Å². The van der Waals surface area contributed by atoms with Gasteiger partial charge in [0.2, 0.25) is 0 Å². The van der Waals surface area contributed by atoms with Crippen LogP contribution in [-0.2, 0) is 5.41 Å². The van der Waals surface area contributed by atoms with E-state index in [1.54, 1.807) is 14.2 Å². The number of hydrogen-bond acceptors (Lipinski definition) is 3. The number of hydrogen-bond donors (Lipinski definition) is 1. The van der Waals surface area contributed by atoms with E-state index in [0.717, 1.165) is 24.3 Å². The molecule has 17 heavy (non-hydrogen) atoms. The molecule has 0 aliphatic heterocycles. The lowest BCUT2D eigenvalue weighted by atomic mass is 9.85. The first-order chi connectivity index (χ1) is 8.15. The Morgan fingerprint density at radius 3 is 2.24 bits per heavy atom. The molecule has 1 aromatic carbocycles. The van der Waals surface area contributed by atoms with Crippen molar-refractivity contribution in [3.63, 3.8) is 0 Å². The fourth-order valence-corrected chi connectivity index (χ4v) is 2.96. The molecule has 0 bridgehead atoms. The molecule has 2 aliphatic carbocycles. The van der Waals surface area contributed by atoms with Crippen molar-refractivity contribution < 1.29 is 9.47 Å². The zero-order valence-corrected chi connectivity index (χ0v) is 10.5. The van der Waals surface area contributed by atoms with Crippen molar-refractivity contribution in [1.29, 1.82) is 0 Å². The molecule has 0 aromatic heterocycles. The van der Waals surface area contributed by atoms with Gasteiger partial charge < -0.3 is 15.2 Å². The summed E-state index contributed by atoms with van der Waals surface area (Å²) < 4.78 is 10.8. The van der Waals surface area contributed by atoms with Crippen LogP contribution in [0.4, 0.5) is 0 Å². The van der Waals surface area contributed by atoms with Crippen LogP contribution in [0.2, 0.25) is 0 Å². The third kappa shape index (κ3) is 1.45. The predicted octanol–water partition coefficient (Wildman–Crippen LogP) is 2.23. The third-order valence-corrected chi connectivity index (χ3v) is 4.41. The summed E-state index contributed by atoms with van der Waals surface area (Å²) in [5.74, 6) is 1.83. The Bertz CT molecular complexity index is 448. The summed E-state index contributed by atoms with van der Waals surface area (Å²) in [6.07, 6.45) is 4.61. The van der Waals surface area contributed by atoms with Gasteiger partial charge in [0.05, 0.1) is 14.2 Å². The minimum Gasteiger partial charge on any atom is -0.497 e. The van der Waals surface area contributed by atoms with Gasteiger partial charge in [0.15, 0.2) is 0 Å². The van der Waals surface area contributed by atoms with Crippen LogP contribution < -0.4 is 15.2 Å². The number of benzene rings is 1. The Morgan fingerprint density at radius 2 is 1.76 bits per heavy atom. The summed E-state index contributed by atoms with van der Waals surface area (Å²) in [7, 11) is 3.41. The van der Waals surface area contributed by atoms with E-state index in [2.05, 4.69) is 6.07 Å². The molecule has 0 amide bonds. The van der Waals surface area contributed by atoms with Crippen LogP contribution in [0.3, 0.4) is 0 Å². The van der Waals surface area contributed by atoms with E-state index in [4.69, 9.17) is 15.2 Å². The Morgan fingerprint density at radius 1 is 1.06 bits per heavy atom. The Labute approximate surface area is 102 Å². The zero-order valence-electron chi connectivity index (χ0n) is 10.5. The number of methoxy groups -OCH3 is 2. The van der Waals surface area contributed by atoms with Gasteiger partial charge in [-0.2, -0.15) is 0 Å². The number of rotatable bonds is 4. The van der Waals surface area contributed by atoms with E-state index in [9.17, 15) is 0 Å². The standard InChI is InChI=1S/C14H19NO2/c1-16-10-3-4-12(17-2)11(9-10)13(5-6-13)14(15)7-8-14/h3-4,9H,5-8,15H2,1-2H3. The van der Waals surface area contributed by atoms with Gasteiger partial charge >= 0.3 is 0 Å². The second-order valence-electron chi connectivity index (χ2n) is 5.30. The average Bonchev–Trinajstić information content (AvgIpc) is 3.24. The van der Waals surface area contributed by atoms with E-state index < -0.39 is 0 Å². The van der Waals surface area contributed by atoms with Crippen LogP contribution in [0.25, 0.3) is 0 Å². The second kappa shape index (κ2) is 3.39. The van der Waals surface area contributed by atoms with Crippen LogP contribution in [0.1, 0.15) is 31.2 Å². The Balaban J connectivity index is 2.06. The molecule has 0 atom stereocenters. The molecule has 0 radical (unpaired) electrons. The van der Waals surface area contributed by atoms with Gasteiger partial charge in [-0.3, -0.25) is 0 Å². The largest absolute Gasteiger partial charge is 0.497 e. The topological polar surface area (TPSA) is 44.5 Å². The Hall–Kier alpha value is -1.22. The monoisotopic (exact) mass is 233 g/mol. The lowest BCUT2D eigenvalue weighted by Crippen LogP contribution is -2.37. The minimum absolute atomic E-state index is 0.00659. The van der Waals surface area contributed by atoms with Crippen LogP contribution in [0, 0.1) is 0 Å². The van der Waals surface area contributed by atoms with Crippen molar-refractivity contribution in [3.05, 3.63) is 23.8 Å². The molecular weight excluding hydrogens is 214 g/mol. The quantitative estimate of drug-likeness (QED) is 0.867. The van der Waals surface area contributed by atoms with E-state index in [1.807, 2.05) is 12.1 Å². The summed E-state index contributed by atoms with van der Waals surface area (Å²) in [6.45, 7) is 0. The average molecular weight is 233 g/mol. The molecule has 2 N–H and O–H groups in total. The van der Waals surface area contributed by atoms with E-state index >= 15 is 0 Å². The molecule has 3 heteroatoms. The second-order valence-corrected chi connectivity index (χ2v) is 5.30. The van der Waals surface area contributed by atoms with Crippen LogP contribution in [-0.4, -0.2) is 19.8 Å². The first kappa shape index (κ1) is 10.9. The van der Waals surface area contributed by atoms with Crippen molar-refractivity contribution in [2.75, 3.05) is 14.2 Å². The molecule has 0 saturated heterocycles. The number of nitrogens with two attached hydrogens (primary N) is 1. The van der Waals surface area contributed by atoms with Gasteiger partial charge in [-0.05, 0) is 43.9 Å². The maximum absolute atomic E-state index is 6.44. The molecule has 1 aromatic rings. The van der Waals surface area contributed by atoms with Crippen molar-refractivity contribution in [3.8, 4) is 11.5 Å². The summed E-state index contributed by atoms with van der Waals surface area (Å²) in [6, 6.07) is 6.02. The normalized spacial score (nSPS) is 23.0. The van der Waals surface area contributed by atoms with E-state index in [-0.39, 0.29) is 11.0 Å². The molecule has 92 valence electrons.